The average Bonchev–Trinajstić information content (AvgIpc) is 2.77. The molecule has 0 heterocycles. The second-order valence-electron chi connectivity index (χ2n) is 8.42. The maximum absolute atomic E-state index is 12.2. The van der Waals surface area contributed by atoms with Crippen molar-refractivity contribution >= 4 is 29.7 Å². The monoisotopic (exact) mass is 492 g/mol. The van der Waals surface area contributed by atoms with Gasteiger partial charge in [-0.2, -0.15) is 0 Å². The Kier molecular flexibility index (Phi) is 21.3. The molecule has 7 nitrogen and oxygen atoms in total. The van der Waals surface area contributed by atoms with Gasteiger partial charge in [-0.1, -0.05) is 102 Å². The summed E-state index contributed by atoms with van der Waals surface area (Å²) in [6.07, 6.45) is 12.2. The maximum atomic E-state index is 12.2. The van der Waals surface area contributed by atoms with Crippen LogP contribution in [0.15, 0.2) is 0 Å². The number of carbonyl (C=O) groups is 3. The van der Waals surface area contributed by atoms with Gasteiger partial charge in [0.1, 0.15) is 0 Å². The Hall–Kier alpha value is -1.50. The first-order valence-corrected chi connectivity index (χ1v) is 13.3. The first-order chi connectivity index (χ1) is 15.9. The summed E-state index contributed by atoms with van der Waals surface area (Å²) in [7, 11) is 0. The fourth-order valence-corrected chi connectivity index (χ4v) is 3.44. The van der Waals surface area contributed by atoms with Crippen molar-refractivity contribution in [3.63, 3.8) is 0 Å². The first-order valence-electron chi connectivity index (χ1n) is 12.7. The fraction of sp³-hybridized carbons (Fsp3) is 0.880. The Bertz CT molecular complexity index is 513. The molecule has 0 rings (SSSR count). The predicted molar refractivity (Wildman–Crippen MR) is 129 cm³/mol. The third-order valence-electron chi connectivity index (χ3n) is 5.30. The van der Waals surface area contributed by atoms with Gasteiger partial charge in [0.15, 0.2) is 12.2 Å². The molecule has 0 saturated heterocycles. The van der Waals surface area contributed by atoms with E-state index in [4.69, 9.17) is 25.8 Å². The summed E-state index contributed by atoms with van der Waals surface area (Å²) in [6.45, 7) is 5.87. The number of halogens is 1. The molecule has 0 aliphatic heterocycles. The van der Waals surface area contributed by atoms with Crippen LogP contribution in [0.25, 0.3) is 0 Å². The molecule has 0 radical (unpaired) electrons. The minimum absolute atomic E-state index is 0.205. The molecule has 0 aromatic rings. The summed E-state index contributed by atoms with van der Waals surface area (Å²) >= 11 is 5.37. The molecule has 0 aromatic heterocycles. The van der Waals surface area contributed by atoms with E-state index in [1.807, 2.05) is 0 Å². The molecule has 2 unspecified atom stereocenters. The summed E-state index contributed by atoms with van der Waals surface area (Å²) in [6, 6.07) is -0.399. The summed E-state index contributed by atoms with van der Waals surface area (Å²) in [5.41, 5.74) is 0. The van der Waals surface area contributed by atoms with Gasteiger partial charge in [-0.3, -0.25) is 9.59 Å². The van der Waals surface area contributed by atoms with Crippen molar-refractivity contribution in [3.05, 3.63) is 0 Å². The van der Waals surface area contributed by atoms with Crippen molar-refractivity contribution in [2.75, 3.05) is 6.07 Å². The third kappa shape index (κ3) is 19.7. The lowest BCUT2D eigenvalue weighted by molar-refractivity contribution is -0.200. The van der Waals surface area contributed by atoms with Crippen LogP contribution in [0.2, 0.25) is 0 Å². The highest BCUT2D eigenvalue weighted by molar-refractivity contribution is 6.17. The van der Waals surface area contributed by atoms with E-state index in [1.54, 1.807) is 0 Å². The highest BCUT2D eigenvalue weighted by Crippen LogP contribution is 2.14. The van der Waals surface area contributed by atoms with Crippen molar-refractivity contribution in [2.24, 2.45) is 0 Å². The number of rotatable bonds is 21. The van der Waals surface area contributed by atoms with Crippen molar-refractivity contribution in [1.82, 2.24) is 0 Å². The molecule has 33 heavy (non-hydrogen) atoms. The second-order valence-corrected chi connectivity index (χ2v) is 8.64. The summed E-state index contributed by atoms with van der Waals surface area (Å²) in [5, 5.41) is 0. The van der Waals surface area contributed by atoms with Gasteiger partial charge >= 0.3 is 18.1 Å². The SMILES string of the molecule is CCCCCCCCCC(=O)OC(C)C(OC(=O)CCCCCCCCC)OC(=O)OCCl. The summed E-state index contributed by atoms with van der Waals surface area (Å²) in [5.74, 6) is -0.930. The molecule has 0 aromatic carbocycles. The van der Waals surface area contributed by atoms with Crippen molar-refractivity contribution < 1.29 is 33.3 Å². The van der Waals surface area contributed by atoms with Gasteiger partial charge in [0.05, 0.1) is 0 Å². The maximum Gasteiger partial charge on any atom is 0.512 e. The Balaban J connectivity index is 4.38. The van der Waals surface area contributed by atoms with Crippen molar-refractivity contribution in [3.8, 4) is 0 Å². The highest BCUT2D eigenvalue weighted by atomic mass is 35.5. The molecule has 0 aliphatic rings. The van der Waals surface area contributed by atoms with Crippen LogP contribution in [0.4, 0.5) is 4.79 Å². The molecule has 0 saturated carbocycles. The van der Waals surface area contributed by atoms with Gasteiger partial charge in [-0.15, -0.1) is 0 Å². The third-order valence-corrected chi connectivity index (χ3v) is 5.41. The van der Waals surface area contributed by atoms with E-state index >= 15 is 0 Å². The molecule has 0 N–H and O–H groups in total. The van der Waals surface area contributed by atoms with Gasteiger partial charge in [-0.05, 0) is 19.8 Å². The number of ether oxygens (including phenoxy) is 4. The zero-order valence-electron chi connectivity index (χ0n) is 20.9. The molecule has 194 valence electrons. The van der Waals surface area contributed by atoms with E-state index in [-0.39, 0.29) is 12.8 Å². The Morgan fingerprint density at radius 2 is 1.06 bits per heavy atom. The van der Waals surface area contributed by atoms with Crippen molar-refractivity contribution in [2.45, 2.75) is 136 Å². The lowest BCUT2D eigenvalue weighted by atomic mass is 10.1. The quantitative estimate of drug-likeness (QED) is 0.0541. The smallest absolute Gasteiger partial charge is 0.455 e. The van der Waals surface area contributed by atoms with E-state index in [0.717, 1.165) is 38.5 Å². The van der Waals surface area contributed by atoms with Gasteiger partial charge in [0.2, 0.25) is 0 Å². The van der Waals surface area contributed by atoms with Gasteiger partial charge in [-0.25, -0.2) is 4.79 Å². The van der Waals surface area contributed by atoms with Crippen LogP contribution in [-0.4, -0.2) is 36.6 Å². The molecule has 0 spiro atoms. The van der Waals surface area contributed by atoms with E-state index in [0.29, 0.717) is 6.42 Å². The van der Waals surface area contributed by atoms with E-state index < -0.39 is 36.6 Å². The standard InChI is InChI=1S/C25H45ClO7/c1-4-6-8-10-12-14-16-18-22(27)31-21(3)24(33-25(29)30-20-26)32-23(28)19-17-15-13-11-9-7-5-2/h21,24H,4-20H2,1-3H3. The Labute approximate surface area is 205 Å². The highest BCUT2D eigenvalue weighted by Gasteiger charge is 2.29. The van der Waals surface area contributed by atoms with Crippen molar-refractivity contribution in [1.29, 1.82) is 0 Å². The largest absolute Gasteiger partial charge is 0.512 e. The molecule has 0 fully saturated rings. The number of carbonyl (C=O) groups excluding carboxylic acids is 3. The molecule has 0 aliphatic carbocycles. The summed E-state index contributed by atoms with van der Waals surface area (Å²) < 4.78 is 20.2. The Morgan fingerprint density at radius 1 is 0.636 bits per heavy atom. The van der Waals surface area contributed by atoms with Crippen LogP contribution in [0.3, 0.4) is 0 Å². The van der Waals surface area contributed by atoms with Gasteiger partial charge in [0, 0.05) is 12.8 Å². The van der Waals surface area contributed by atoms with Crippen LogP contribution in [-0.2, 0) is 28.5 Å². The number of unbranched alkanes of at least 4 members (excludes halogenated alkanes) is 12. The Morgan fingerprint density at radius 3 is 1.52 bits per heavy atom. The molecule has 2 atom stereocenters. The number of hydrogen-bond donors (Lipinski definition) is 0. The van der Waals surface area contributed by atoms with Crippen LogP contribution in [0.5, 0.6) is 0 Å². The normalized spacial score (nSPS) is 12.6. The molecule has 0 bridgehead atoms. The lowest BCUT2D eigenvalue weighted by Gasteiger charge is -2.23. The summed E-state index contributed by atoms with van der Waals surface area (Å²) in [4.78, 5) is 36.0. The molecule has 8 heteroatoms. The second kappa shape index (κ2) is 22.3. The zero-order valence-corrected chi connectivity index (χ0v) is 21.7. The number of alkyl halides is 1. The van der Waals surface area contributed by atoms with Gasteiger partial charge < -0.3 is 18.9 Å². The van der Waals surface area contributed by atoms with E-state index in [9.17, 15) is 14.4 Å². The first kappa shape index (κ1) is 31.5. The zero-order chi connectivity index (χ0) is 24.7. The predicted octanol–water partition coefficient (Wildman–Crippen LogP) is 7.42. The minimum Gasteiger partial charge on any atom is -0.455 e. The number of esters is 2. The van der Waals surface area contributed by atoms with Crippen LogP contribution in [0, 0.1) is 0 Å². The van der Waals surface area contributed by atoms with E-state index in [1.165, 1.54) is 51.9 Å². The van der Waals surface area contributed by atoms with Gasteiger partial charge in [0.25, 0.3) is 6.29 Å². The number of hydrogen-bond acceptors (Lipinski definition) is 7. The fourth-order valence-electron chi connectivity index (χ4n) is 3.35. The minimum atomic E-state index is -1.38. The van der Waals surface area contributed by atoms with E-state index in [2.05, 4.69) is 18.6 Å². The van der Waals surface area contributed by atoms with Crippen LogP contribution >= 0.6 is 11.6 Å². The molecular formula is C25H45ClO7. The lowest BCUT2D eigenvalue weighted by Crippen LogP contribution is -2.37. The van der Waals surface area contributed by atoms with Crippen LogP contribution in [0.1, 0.15) is 124 Å². The average molecular weight is 493 g/mol. The topological polar surface area (TPSA) is 88.1 Å². The molecular weight excluding hydrogens is 448 g/mol. The molecule has 0 amide bonds. The van der Waals surface area contributed by atoms with Crippen LogP contribution < -0.4 is 0 Å².